The molecule has 0 aliphatic carbocycles. The summed E-state index contributed by atoms with van der Waals surface area (Å²) in [6, 6.07) is 33.0. The Morgan fingerprint density at radius 1 is 0.889 bits per heavy atom. The molecular weight excluding hydrogens is 566 g/mol. The fourth-order valence-electron chi connectivity index (χ4n) is 5.59. The molecular formula is C37H37N3O5. The highest BCUT2D eigenvalue weighted by atomic mass is 16.3. The maximum atomic E-state index is 13.9. The molecule has 0 bridgehead atoms. The summed E-state index contributed by atoms with van der Waals surface area (Å²) >= 11 is 0. The maximum Gasteiger partial charge on any atom is 0.264 e. The predicted octanol–water partition coefficient (Wildman–Crippen LogP) is 5.28. The van der Waals surface area contributed by atoms with E-state index in [2.05, 4.69) is 5.32 Å². The number of amides is 3. The number of nitrogens with one attached hydrogen (secondary N) is 1. The Bertz CT molecular complexity index is 1660. The van der Waals surface area contributed by atoms with Gasteiger partial charge >= 0.3 is 0 Å². The van der Waals surface area contributed by atoms with Gasteiger partial charge < -0.3 is 25.3 Å². The van der Waals surface area contributed by atoms with Crippen molar-refractivity contribution in [3.63, 3.8) is 0 Å². The number of benzene rings is 4. The van der Waals surface area contributed by atoms with Crippen molar-refractivity contribution in [2.45, 2.75) is 32.0 Å². The highest BCUT2D eigenvalue weighted by Crippen LogP contribution is 2.45. The first-order valence-corrected chi connectivity index (χ1v) is 15.0. The Kier molecular flexibility index (Phi) is 9.87. The average molecular weight is 604 g/mol. The van der Waals surface area contributed by atoms with Gasteiger partial charge in [-0.25, -0.2) is 0 Å². The molecule has 45 heavy (non-hydrogen) atoms. The van der Waals surface area contributed by atoms with Crippen LogP contribution in [0.5, 0.6) is 0 Å². The van der Waals surface area contributed by atoms with E-state index in [9.17, 15) is 24.6 Å². The zero-order valence-corrected chi connectivity index (χ0v) is 25.2. The number of fused-ring (bicyclic) bond motifs is 1. The van der Waals surface area contributed by atoms with Crippen molar-refractivity contribution in [3.8, 4) is 0 Å². The molecule has 0 radical (unpaired) electrons. The van der Waals surface area contributed by atoms with E-state index in [1.807, 2.05) is 60.7 Å². The molecule has 4 aromatic rings. The number of aliphatic hydroxyl groups excluding tert-OH is 1. The first kappa shape index (κ1) is 31.4. The summed E-state index contributed by atoms with van der Waals surface area (Å²) in [5.41, 5.74) is 2.31. The van der Waals surface area contributed by atoms with Crippen LogP contribution in [0.15, 0.2) is 121 Å². The number of para-hydroxylation sites is 1. The van der Waals surface area contributed by atoms with Crippen LogP contribution in [0.4, 0.5) is 11.4 Å². The number of rotatable bonds is 12. The summed E-state index contributed by atoms with van der Waals surface area (Å²) in [5.74, 6) is -1.44. The normalized spacial score (nSPS) is 16.4. The molecule has 8 heteroatoms. The van der Waals surface area contributed by atoms with Gasteiger partial charge in [0.2, 0.25) is 5.91 Å². The first-order valence-electron chi connectivity index (χ1n) is 15.0. The third-order valence-corrected chi connectivity index (χ3v) is 8.08. The standard InChI is InChI=1S/C37H37N3O5/c1-27(11-10-18-34(42)39(23-24-41)25-28-12-4-2-5-13-28)37(45)32-16-8-9-17-33(32)40(36(37)44)26-29-19-21-31(22-20-29)38-35(43)30-14-6-3-7-15-30/h2-17,19-22,27,41,45H,18,23-26H2,1H3,(H,38,43)/b11-10+/t27-,37+/m0/s1. The van der Waals surface area contributed by atoms with Gasteiger partial charge in [0.15, 0.2) is 5.60 Å². The number of hydrogen-bond acceptors (Lipinski definition) is 5. The number of anilines is 2. The second-order valence-corrected chi connectivity index (χ2v) is 11.1. The molecule has 0 fully saturated rings. The van der Waals surface area contributed by atoms with Crippen molar-refractivity contribution >= 4 is 29.1 Å². The highest BCUT2D eigenvalue weighted by Gasteiger charge is 2.52. The summed E-state index contributed by atoms with van der Waals surface area (Å²) in [5, 5.41) is 24.3. The van der Waals surface area contributed by atoms with Crippen molar-refractivity contribution < 1.29 is 24.6 Å². The Hall–Kier alpha value is -5.05. The molecule has 3 amide bonds. The molecule has 0 saturated carbocycles. The lowest BCUT2D eigenvalue weighted by atomic mass is 9.83. The van der Waals surface area contributed by atoms with Gasteiger partial charge in [-0.2, -0.15) is 0 Å². The molecule has 4 aromatic carbocycles. The summed E-state index contributed by atoms with van der Waals surface area (Å²) in [7, 11) is 0. The molecule has 0 aromatic heterocycles. The molecule has 0 unspecified atom stereocenters. The minimum Gasteiger partial charge on any atom is -0.395 e. The van der Waals surface area contributed by atoms with E-state index in [4.69, 9.17) is 0 Å². The van der Waals surface area contributed by atoms with E-state index < -0.39 is 17.4 Å². The number of carbonyl (C=O) groups excluding carboxylic acids is 3. The fourth-order valence-corrected chi connectivity index (χ4v) is 5.59. The topological polar surface area (TPSA) is 110 Å². The van der Waals surface area contributed by atoms with Gasteiger partial charge in [0, 0.05) is 42.2 Å². The van der Waals surface area contributed by atoms with Crippen LogP contribution in [0.2, 0.25) is 0 Å². The molecule has 1 aliphatic heterocycles. The summed E-state index contributed by atoms with van der Waals surface area (Å²) in [4.78, 5) is 42.6. The van der Waals surface area contributed by atoms with Crippen LogP contribution < -0.4 is 10.2 Å². The van der Waals surface area contributed by atoms with Crippen LogP contribution in [0.1, 0.15) is 40.4 Å². The van der Waals surface area contributed by atoms with Crippen LogP contribution >= 0.6 is 0 Å². The molecule has 1 heterocycles. The Morgan fingerprint density at radius 3 is 2.22 bits per heavy atom. The van der Waals surface area contributed by atoms with Crippen molar-refractivity contribution in [1.82, 2.24) is 4.90 Å². The van der Waals surface area contributed by atoms with Crippen LogP contribution in [0.3, 0.4) is 0 Å². The zero-order valence-electron chi connectivity index (χ0n) is 25.2. The second-order valence-electron chi connectivity index (χ2n) is 11.1. The molecule has 2 atom stereocenters. The SMILES string of the molecule is C[C@@H](/C=C/CC(=O)N(CCO)Cc1ccccc1)[C@]1(O)C(=O)N(Cc2ccc(NC(=O)c3ccccc3)cc2)c2ccccc21. The molecule has 0 spiro atoms. The van der Waals surface area contributed by atoms with Crippen molar-refractivity contribution in [2.75, 3.05) is 23.4 Å². The van der Waals surface area contributed by atoms with E-state index in [1.165, 1.54) is 0 Å². The van der Waals surface area contributed by atoms with Gasteiger partial charge in [0.05, 0.1) is 18.8 Å². The number of hydrogen-bond donors (Lipinski definition) is 3. The van der Waals surface area contributed by atoms with Gasteiger partial charge in [-0.15, -0.1) is 0 Å². The second kappa shape index (κ2) is 14.2. The first-order chi connectivity index (χ1) is 21.8. The van der Waals surface area contributed by atoms with E-state index >= 15 is 0 Å². The summed E-state index contributed by atoms with van der Waals surface area (Å²) < 4.78 is 0. The van der Waals surface area contributed by atoms with Gasteiger partial charge in [-0.3, -0.25) is 14.4 Å². The van der Waals surface area contributed by atoms with Crippen LogP contribution in [0, 0.1) is 5.92 Å². The quantitative estimate of drug-likeness (QED) is 0.191. The monoisotopic (exact) mass is 603 g/mol. The fraction of sp³-hybridized carbons (Fsp3) is 0.216. The molecule has 5 rings (SSSR count). The lowest BCUT2D eigenvalue weighted by Gasteiger charge is -2.28. The Balaban J connectivity index is 1.26. The molecule has 230 valence electrons. The number of nitrogens with zero attached hydrogens (tertiary/aromatic N) is 2. The molecule has 1 aliphatic rings. The number of aliphatic hydroxyl groups is 2. The van der Waals surface area contributed by atoms with Crippen LogP contribution in [0.25, 0.3) is 0 Å². The Labute approximate surface area is 263 Å². The van der Waals surface area contributed by atoms with Gasteiger partial charge in [0.25, 0.3) is 11.8 Å². The predicted molar refractivity (Wildman–Crippen MR) is 174 cm³/mol. The van der Waals surface area contributed by atoms with Crippen molar-refractivity contribution in [2.24, 2.45) is 5.92 Å². The largest absolute Gasteiger partial charge is 0.395 e. The lowest BCUT2D eigenvalue weighted by molar-refractivity contribution is -0.139. The number of carbonyl (C=O) groups is 3. The van der Waals surface area contributed by atoms with Gasteiger partial charge in [-0.1, -0.05) is 97.9 Å². The van der Waals surface area contributed by atoms with E-state index in [0.717, 1.165) is 11.1 Å². The average Bonchev–Trinajstić information content (AvgIpc) is 3.28. The van der Waals surface area contributed by atoms with E-state index in [0.29, 0.717) is 29.0 Å². The zero-order chi connectivity index (χ0) is 31.8. The minimum atomic E-state index is -1.81. The molecule has 3 N–H and O–H groups in total. The third kappa shape index (κ3) is 7.03. The molecule has 8 nitrogen and oxygen atoms in total. The summed E-state index contributed by atoms with van der Waals surface area (Å²) in [6.07, 6.45) is 3.46. The minimum absolute atomic E-state index is 0.0694. The van der Waals surface area contributed by atoms with Crippen molar-refractivity contribution in [3.05, 3.63) is 144 Å². The van der Waals surface area contributed by atoms with Gasteiger partial charge in [0.1, 0.15) is 0 Å². The highest BCUT2D eigenvalue weighted by molar-refractivity contribution is 6.07. The lowest BCUT2D eigenvalue weighted by Crippen LogP contribution is -2.44. The summed E-state index contributed by atoms with van der Waals surface area (Å²) in [6.45, 7) is 2.44. The maximum absolute atomic E-state index is 13.9. The van der Waals surface area contributed by atoms with Crippen molar-refractivity contribution in [1.29, 1.82) is 0 Å². The van der Waals surface area contributed by atoms with E-state index in [-0.39, 0.29) is 37.9 Å². The van der Waals surface area contributed by atoms with E-state index in [1.54, 1.807) is 77.4 Å². The molecule has 0 saturated heterocycles. The third-order valence-electron chi connectivity index (χ3n) is 8.08. The Morgan fingerprint density at radius 2 is 1.53 bits per heavy atom. The van der Waals surface area contributed by atoms with Gasteiger partial charge in [-0.05, 0) is 41.5 Å². The smallest absolute Gasteiger partial charge is 0.264 e. The van der Waals surface area contributed by atoms with Crippen LogP contribution in [-0.4, -0.2) is 46.0 Å². The van der Waals surface area contributed by atoms with Crippen LogP contribution in [-0.2, 0) is 28.3 Å².